The van der Waals surface area contributed by atoms with Crippen molar-refractivity contribution in [2.45, 2.75) is 24.2 Å². The summed E-state index contributed by atoms with van der Waals surface area (Å²) in [6.07, 6.45) is 2.31. The van der Waals surface area contributed by atoms with Gasteiger partial charge in [-0.15, -0.1) is 5.10 Å². The van der Waals surface area contributed by atoms with Gasteiger partial charge in [0.15, 0.2) is 9.84 Å². The van der Waals surface area contributed by atoms with Crippen LogP contribution in [-0.2, 0) is 9.84 Å². The topological polar surface area (TPSA) is 64.8 Å². The first-order valence-electron chi connectivity index (χ1n) is 4.74. The first-order valence-corrected chi connectivity index (χ1v) is 7.48. The van der Waals surface area contributed by atoms with Crippen LogP contribution in [0.5, 0.6) is 0 Å². The number of aromatic nitrogens is 3. The van der Waals surface area contributed by atoms with Gasteiger partial charge < -0.3 is 0 Å². The second kappa shape index (κ2) is 3.86. The van der Waals surface area contributed by atoms with Gasteiger partial charge in [-0.1, -0.05) is 21.1 Å². The van der Waals surface area contributed by atoms with Gasteiger partial charge in [0, 0.05) is 0 Å². The highest BCUT2D eigenvalue weighted by Gasteiger charge is 2.31. The van der Waals surface area contributed by atoms with Gasteiger partial charge in [0.1, 0.15) is 0 Å². The lowest BCUT2D eigenvalue weighted by Gasteiger charge is -2.12. The van der Waals surface area contributed by atoms with Crippen LogP contribution in [0.4, 0.5) is 0 Å². The highest BCUT2D eigenvalue weighted by atomic mass is 79.9. The van der Waals surface area contributed by atoms with Crippen molar-refractivity contribution in [3.8, 4) is 0 Å². The third kappa shape index (κ3) is 2.23. The molecule has 1 aromatic heterocycles. The first kappa shape index (κ1) is 11.1. The number of alkyl halides is 1. The first-order chi connectivity index (χ1) is 6.99. The number of hydrogen-bond acceptors (Lipinski definition) is 4. The van der Waals surface area contributed by atoms with E-state index >= 15 is 0 Å². The molecule has 1 saturated heterocycles. The van der Waals surface area contributed by atoms with Gasteiger partial charge in [0.2, 0.25) is 0 Å². The summed E-state index contributed by atoms with van der Waals surface area (Å²) in [5, 5.41) is 7.78. The number of hydrogen-bond donors (Lipinski definition) is 0. The summed E-state index contributed by atoms with van der Waals surface area (Å²) < 4.78 is 24.4. The number of sulfone groups is 1. The molecule has 0 spiro atoms. The zero-order valence-electron chi connectivity index (χ0n) is 8.30. The molecule has 0 saturated carbocycles. The molecule has 1 aromatic rings. The second-order valence-corrected chi connectivity index (χ2v) is 7.38. The monoisotopic (exact) mass is 293 g/mol. The van der Waals surface area contributed by atoms with Gasteiger partial charge >= 0.3 is 0 Å². The highest BCUT2D eigenvalue weighted by molar-refractivity contribution is 9.09. The summed E-state index contributed by atoms with van der Waals surface area (Å²) in [4.78, 5) is 0.135. The smallest absolute Gasteiger partial charge is 0.152 e. The predicted molar refractivity (Wildman–Crippen MR) is 59.7 cm³/mol. The Hall–Kier alpha value is -0.430. The van der Waals surface area contributed by atoms with Gasteiger partial charge in [-0.2, -0.15) is 0 Å². The summed E-state index contributed by atoms with van der Waals surface area (Å²) in [5.74, 6) is 0.441. The van der Waals surface area contributed by atoms with Crippen molar-refractivity contribution in [1.29, 1.82) is 0 Å². The highest BCUT2D eigenvalue weighted by Crippen LogP contribution is 2.28. The van der Waals surface area contributed by atoms with Crippen LogP contribution in [0.2, 0.25) is 0 Å². The molecule has 1 fully saturated rings. The molecule has 2 unspecified atom stereocenters. The van der Waals surface area contributed by atoms with Crippen molar-refractivity contribution in [2.24, 2.45) is 0 Å². The maximum Gasteiger partial charge on any atom is 0.152 e. The zero-order chi connectivity index (χ0) is 11.1. The van der Waals surface area contributed by atoms with Crippen molar-refractivity contribution < 1.29 is 8.42 Å². The van der Waals surface area contributed by atoms with Gasteiger partial charge in [-0.25, -0.2) is 13.1 Å². The molecular weight excluding hydrogens is 282 g/mol. The Morgan fingerprint density at radius 1 is 1.67 bits per heavy atom. The third-order valence-corrected chi connectivity index (χ3v) is 4.78. The molecule has 2 atom stereocenters. The van der Waals surface area contributed by atoms with Crippen LogP contribution in [0, 0.1) is 0 Å². The maximum absolute atomic E-state index is 11.3. The molecule has 0 N–H and O–H groups in total. The normalized spacial score (nSPS) is 26.7. The van der Waals surface area contributed by atoms with Crippen LogP contribution >= 0.6 is 15.9 Å². The molecule has 84 valence electrons. The Morgan fingerprint density at radius 3 is 2.93 bits per heavy atom. The van der Waals surface area contributed by atoms with Crippen molar-refractivity contribution in [3.63, 3.8) is 0 Å². The van der Waals surface area contributed by atoms with E-state index in [0.717, 1.165) is 5.69 Å². The van der Waals surface area contributed by atoms with E-state index in [1.807, 2.05) is 6.92 Å². The van der Waals surface area contributed by atoms with Crippen LogP contribution in [-0.4, -0.2) is 34.9 Å². The van der Waals surface area contributed by atoms with Crippen molar-refractivity contribution in [2.75, 3.05) is 11.5 Å². The molecule has 0 radical (unpaired) electrons. The lowest BCUT2D eigenvalue weighted by molar-refractivity contribution is 0.468. The minimum absolute atomic E-state index is 0.0486. The molecule has 1 aliphatic heterocycles. The number of rotatable bonds is 2. The van der Waals surface area contributed by atoms with E-state index in [2.05, 4.69) is 26.2 Å². The predicted octanol–water partition coefficient (Wildman–Crippen LogP) is 1.09. The van der Waals surface area contributed by atoms with Crippen LogP contribution in [0.3, 0.4) is 0 Å². The molecule has 0 bridgehead atoms. The zero-order valence-corrected chi connectivity index (χ0v) is 10.7. The number of halogens is 1. The summed E-state index contributed by atoms with van der Waals surface area (Å²) in [6, 6.07) is -0.0486. The Bertz CT molecular complexity index is 454. The van der Waals surface area contributed by atoms with Crippen molar-refractivity contribution >= 4 is 25.8 Å². The quantitative estimate of drug-likeness (QED) is 0.766. The van der Waals surface area contributed by atoms with Crippen LogP contribution in [0.15, 0.2) is 6.20 Å². The molecule has 5 nitrogen and oxygen atoms in total. The minimum atomic E-state index is -2.87. The van der Waals surface area contributed by atoms with Gasteiger partial charge in [0.25, 0.3) is 0 Å². The average Bonchev–Trinajstić information content (AvgIpc) is 2.69. The van der Waals surface area contributed by atoms with Crippen molar-refractivity contribution in [3.05, 3.63) is 11.9 Å². The van der Waals surface area contributed by atoms with E-state index in [-0.39, 0.29) is 22.4 Å². The van der Waals surface area contributed by atoms with E-state index in [1.165, 1.54) is 0 Å². The average molecular weight is 294 g/mol. The molecule has 0 aromatic carbocycles. The van der Waals surface area contributed by atoms with E-state index in [9.17, 15) is 8.42 Å². The SMILES string of the molecule is CC(Br)c1cnnn1C1CCS(=O)(=O)C1. The van der Waals surface area contributed by atoms with E-state index in [1.54, 1.807) is 10.9 Å². The Kier molecular flexibility index (Phi) is 2.85. The molecule has 2 rings (SSSR count). The minimum Gasteiger partial charge on any atom is -0.244 e. The Morgan fingerprint density at radius 2 is 2.40 bits per heavy atom. The second-order valence-electron chi connectivity index (χ2n) is 3.78. The molecule has 1 aliphatic rings. The van der Waals surface area contributed by atoms with Crippen LogP contribution in [0.1, 0.15) is 29.9 Å². The summed E-state index contributed by atoms with van der Waals surface area (Å²) in [5.41, 5.74) is 0.928. The van der Waals surface area contributed by atoms with Crippen molar-refractivity contribution in [1.82, 2.24) is 15.0 Å². The lowest BCUT2D eigenvalue weighted by atomic mass is 10.2. The van der Waals surface area contributed by atoms with E-state index < -0.39 is 9.84 Å². The fourth-order valence-corrected chi connectivity index (χ4v) is 3.81. The third-order valence-electron chi connectivity index (χ3n) is 2.56. The number of nitrogens with zero attached hydrogens (tertiary/aromatic N) is 3. The summed E-state index contributed by atoms with van der Waals surface area (Å²) >= 11 is 3.44. The molecular formula is C8H12BrN3O2S. The molecule has 0 aliphatic carbocycles. The molecule has 7 heteroatoms. The Labute approximate surface area is 96.9 Å². The molecule has 2 heterocycles. The fourth-order valence-electron chi connectivity index (χ4n) is 1.79. The van der Waals surface area contributed by atoms with E-state index in [0.29, 0.717) is 6.42 Å². The largest absolute Gasteiger partial charge is 0.244 e. The van der Waals surface area contributed by atoms with Crippen LogP contribution in [0.25, 0.3) is 0 Å². The van der Waals surface area contributed by atoms with Crippen LogP contribution < -0.4 is 0 Å². The lowest BCUT2D eigenvalue weighted by Crippen LogP contribution is -2.15. The summed E-state index contributed by atoms with van der Waals surface area (Å²) in [6.45, 7) is 1.97. The fraction of sp³-hybridized carbons (Fsp3) is 0.750. The molecule has 0 amide bonds. The molecule has 15 heavy (non-hydrogen) atoms. The van der Waals surface area contributed by atoms with Gasteiger partial charge in [0.05, 0.1) is 34.3 Å². The van der Waals surface area contributed by atoms with Gasteiger partial charge in [-0.05, 0) is 13.3 Å². The Balaban J connectivity index is 2.28. The summed E-state index contributed by atoms with van der Waals surface area (Å²) in [7, 11) is -2.87. The standard InChI is InChI=1S/C8H12BrN3O2S/c1-6(9)8-4-10-11-12(8)7-2-3-15(13,14)5-7/h4,6-7H,2-3,5H2,1H3. The van der Waals surface area contributed by atoms with Gasteiger partial charge in [-0.3, -0.25) is 0 Å². The van der Waals surface area contributed by atoms with E-state index in [4.69, 9.17) is 0 Å². The maximum atomic E-state index is 11.3.